The maximum Gasteiger partial charge on any atom is 0.316 e. The number of aliphatic hydroxyl groups is 1. The maximum absolute atomic E-state index is 13.4. The van der Waals surface area contributed by atoms with Gasteiger partial charge in [0.2, 0.25) is 0 Å². The molecule has 1 N–H and O–H groups in total. The van der Waals surface area contributed by atoms with E-state index in [0.717, 1.165) is 48.2 Å². The number of hydrogen-bond acceptors (Lipinski definition) is 5. The van der Waals surface area contributed by atoms with Crippen LogP contribution in [0.2, 0.25) is 0 Å². The number of halogens is 1. The van der Waals surface area contributed by atoms with Gasteiger partial charge in [-0.25, -0.2) is 19.3 Å². The highest BCUT2D eigenvalue weighted by atomic mass is 19.1. The summed E-state index contributed by atoms with van der Waals surface area (Å²) in [7, 11) is 1.52. The third kappa shape index (κ3) is 3.55. The molecule has 1 saturated carbocycles. The Hall–Kier alpha value is -2.80. The average Bonchev–Trinajstić information content (AvgIpc) is 3.14. The Morgan fingerprint density at radius 3 is 2.30 bits per heavy atom. The van der Waals surface area contributed by atoms with E-state index in [9.17, 15) is 9.50 Å². The largest absolute Gasteiger partial charge is 0.467 e. The number of methoxy groups -OCH3 is 1. The van der Waals surface area contributed by atoms with E-state index in [-0.39, 0.29) is 18.0 Å². The van der Waals surface area contributed by atoms with Crippen LogP contribution in [0.3, 0.4) is 0 Å². The fraction of sp³-hybridized carbons (Fsp3) is 0.350. The van der Waals surface area contributed by atoms with Crippen molar-refractivity contribution in [2.75, 3.05) is 7.11 Å². The first kappa shape index (κ1) is 17.6. The first-order chi connectivity index (χ1) is 13.2. The molecule has 2 aromatic heterocycles. The molecule has 27 heavy (non-hydrogen) atoms. The number of imidazole rings is 1. The standard InChI is InChI=1S/C20H21FN4O2/c1-27-20-22-10-14(11-23-20)19-18(13-2-4-15(21)5-3-13)24-12-25(19)16-6-8-17(26)9-7-16/h2-5,10-12,16-17,26H,6-9H2,1H3. The Balaban J connectivity index is 1.80. The van der Waals surface area contributed by atoms with Crippen LogP contribution in [0, 0.1) is 5.82 Å². The summed E-state index contributed by atoms with van der Waals surface area (Å²) in [5, 5.41) is 9.83. The molecule has 0 saturated heterocycles. The van der Waals surface area contributed by atoms with Crippen LogP contribution >= 0.6 is 0 Å². The molecule has 1 fully saturated rings. The van der Waals surface area contributed by atoms with Crippen LogP contribution in [-0.4, -0.2) is 37.8 Å². The highest BCUT2D eigenvalue weighted by Gasteiger charge is 2.25. The predicted molar refractivity (Wildman–Crippen MR) is 98.7 cm³/mol. The fourth-order valence-electron chi connectivity index (χ4n) is 3.62. The van der Waals surface area contributed by atoms with Crippen molar-refractivity contribution in [2.45, 2.75) is 37.8 Å². The lowest BCUT2D eigenvalue weighted by Gasteiger charge is -2.28. The zero-order chi connectivity index (χ0) is 18.8. The number of hydrogen-bond donors (Lipinski definition) is 1. The van der Waals surface area contributed by atoms with Crippen LogP contribution in [0.15, 0.2) is 43.0 Å². The number of benzene rings is 1. The molecule has 0 aliphatic heterocycles. The summed E-state index contributed by atoms with van der Waals surface area (Å²) in [5.74, 6) is -0.284. The van der Waals surface area contributed by atoms with E-state index in [1.54, 1.807) is 24.5 Å². The van der Waals surface area contributed by atoms with Gasteiger partial charge in [0, 0.05) is 29.6 Å². The highest BCUT2D eigenvalue weighted by Crippen LogP contribution is 2.37. The molecule has 3 aromatic rings. The molecular weight excluding hydrogens is 347 g/mol. The van der Waals surface area contributed by atoms with Crippen molar-refractivity contribution in [2.24, 2.45) is 0 Å². The average molecular weight is 368 g/mol. The van der Waals surface area contributed by atoms with Crippen molar-refractivity contribution in [1.29, 1.82) is 0 Å². The van der Waals surface area contributed by atoms with Gasteiger partial charge >= 0.3 is 6.01 Å². The lowest BCUT2D eigenvalue weighted by molar-refractivity contribution is 0.111. The smallest absolute Gasteiger partial charge is 0.316 e. The molecule has 0 spiro atoms. The molecule has 0 unspecified atom stereocenters. The minimum absolute atomic E-state index is 0.228. The number of rotatable bonds is 4. The van der Waals surface area contributed by atoms with Crippen LogP contribution < -0.4 is 4.74 Å². The first-order valence-electron chi connectivity index (χ1n) is 9.03. The maximum atomic E-state index is 13.4. The molecule has 0 amide bonds. The van der Waals surface area contributed by atoms with Crippen LogP contribution in [0.25, 0.3) is 22.5 Å². The topological polar surface area (TPSA) is 73.1 Å². The second-order valence-corrected chi connectivity index (χ2v) is 6.78. The van der Waals surface area contributed by atoms with E-state index in [2.05, 4.69) is 19.5 Å². The zero-order valence-electron chi connectivity index (χ0n) is 15.0. The lowest BCUT2D eigenvalue weighted by atomic mass is 9.92. The van der Waals surface area contributed by atoms with Gasteiger partial charge in [-0.1, -0.05) is 0 Å². The molecule has 1 aliphatic carbocycles. The van der Waals surface area contributed by atoms with Crippen molar-refractivity contribution >= 4 is 0 Å². The van der Waals surface area contributed by atoms with Gasteiger partial charge in [-0.3, -0.25) is 0 Å². The third-order valence-electron chi connectivity index (χ3n) is 5.06. The minimum atomic E-state index is -0.284. The number of aromatic nitrogens is 4. The summed E-state index contributed by atoms with van der Waals surface area (Å²) in [4.78, 5) is 13.1. The summed E-state index contributed by atoms with van der Waals surface area (Å²) in [5.41, 5.74) is 3.30. The minimum Gasteiger partial charge on any atom is -0.467 e. The van der Waals surface area contributed by atoms with Gasteiger partial charge in [0.25, 0.3) is 0 Å². The second-order valence-electron chi connectivity index (χ2n) is 6.78. The Bertz CT molecular complexity index is 901. The Morgan fingerprint density at radius 1 is 1.00 bits per heavy atom. The molecule has 0 atom stereocenters. The fourth-order valence-corrected chi connectivity index (χ4v) is 3.62. The van der Waals surface area contributed by atoms with Crippen molar-refractivity contribution in [3.05, 3.63) is 48.8 Å². The predicted octanol–water partition coefficient (Wildman–Crippen LogP) is 3.63. The van der Waals surface area contributed by atoms with Crippen molar-refractivity contribution in [3.63, 3.8) is 0 Å². The van der Waals surface area contributed by atoms with Crippen LogP contribution in [0.1, 0.15) is 31.7 Å². The normalized spacial score (nSPS) is 19.8. The van der Waals surface area contributed by atoms with E-state index >= 15 is 0 Å². The number of aliphatic hydroxyl groups excluding tert-OH is 1. The van der Waals surface area contributed by atoms with Crippen molar-refractivity contribution in [1.82, 2.24) is 19.5 Å². The lowest BCUT2D eigenvalue weighted by Crippen LogP contribution is -2.21. The third-order valence-corrected chi connectivity index (χ3v) is 5.06. The zero-order valence-corrected chi connectivity index (χ0v) is 15.0. The van der Waals surface area contributed by atoms with Gasteiger partial charge in [-0.05, 0) is 49.9 Å². The SMILES string of the molecule is COc1ncc(-c2c(-c3ccc(F)cc3)ncn2C2CCC(O)CC2)cn1. The monoisotopic (exact) mass is 368 g/mol. The van der Waals surface area contributed by atoms with Gasteiger partial charge in [-0.15, -0.1) is 0 Å². The summed E-state index contributed by atoms with van der Waals surface area (Å²) in [6.45, 7) is 0. The summed E-state index contributed by atoms with van der Waals surface area (Å²) < 4.78 is 20.6. The van der Waals surface area contributed by atoms with Crippen molar-refractivity contribution in [3.8, 4) is 28.5 Å². The van der Waals surface area contributed by atoms with Gasteiger partial charge in [-0.2, -0.15) is 0 Å². The van der Waals surface area contributed by atoms with E-state index in [1.165, 1.54) is 19.2 Å². The van der Waals surface area contributed by atoms with E-state index in [4.69, 9.17) is 4.74 Å². The summed E-state index contributed by atoms with van der Waals surface area (Å²) >= 11 is 0. The number of ether oxygens (including phenoxy) is 1. The summed E-state index contributed by atoms with van der Waals surface area (Å²) in [6, 6.07) is 6.85. The van der Waals surface area contributed by atoms with E-state index < -0.39 is 0 Å². The Labute approximate surface area is 156 Å². The highest BCUT2D eigenvalue weighted by molar-refractivity contribution is 5.78. The van der Waals surface area contributed by atoms with Crippen LogP contribution in [-0.2, 0) is 0 Å². The quantitative estimate of drug-likeness (QED) is 0.761. The van der Waals surface area contributed by atoms with Gasteiger partial charge in [0.15, 0.2) is 0 Å². The van der Waals surface area contributed by atoms with Gasteiger partial charge < -0.3 is 14.4 Å². The van der Waals surface area contributed by atoms with Gasteiger partial charge in [0.1, 0.15) is 5.82 Å². The van der Waals surface area contributed by atoms with Crippen LogP contribution in [0.4, 0.5) is 4.39 Å². The molecular formula is C20H21FN4O2. The molecule has 4 rings (SSSR count). The van der Waals surface area contributed by atoms with Crippen molar-refractivity contribution < 1.29 is 14.2 Å². The molecule has 2 heterocycles. The molecule has 7 heteroatoms. The molecule has 1 aromatic carbocycles. The summed E-state index contributed by atoms with van der Waals surface area (Å²) in [6.07, 6.45) is 8.32. The first-order valence-corrected chi connectivity index (χ1v) is 9.03. The molecule has 140 valence electrons. The van der Waals surface area contributed by atoms with Crippen LogP contribution in [0.5, 0.6) is 6.01 Å². The molecule has 6 nitrogen and oxygen atoms in total. The Morgan fingerprint density at radius 2 is 1.67 bits per heavy atom. The number of nitrogens with zero attached hydrogens (tertiary/aromatic N) is 4. The molecule has 0 radical (unpaired) electrons. The Kier molecular flexibility index (Phi) is 4.85. The second kappa shape index (κ2) is 7.44. The molecule has 1 aliphatic rings. The van der Waals surface area contributed by atoms with Gasteiger partial charge in [0.05, 0.1) is 30.9 Å². The molecule has 0 bridgehead atoms. The van der Waals surface area contributed by atoms with E-state index in [1.807, 2.05) is 6.33 Å². The van der Waals surface area contributed by atoms with E-state index in [0.29, 0.717) is 6.01 Å².